The largest absolute Gasteiger partial charge is 0.497 e. The molecule has 1 aliphatic heterocycles. The Kier molecular flexibility index (Phi) is 8.07. The highest BCUT2D eigenvalue weighted by atomic mass is 16.5. The minimum atomic E-state index is -0.562. The first-order chi connectivity index (χ1) is 13.4. The van der Waals surface area contributed by atoms with Gasteiger partial charge >= 0.3 is 0 Å². The minimum Gasteiger partial charge on any atom is -0.497 e. The van der Waals surface area contributed by atoms with E-state index in [-0.39, 0.29) is 37.4 Å². The summed E-state index contributed by atoms with van der Waals surface area (Å²) in [6.45, 7) is 5.61. The van der Waals surface area contributed by atoms with Crippen LogP contribution in [0, 0.1) is 0 Å². The van der Waals surface area contributed by atoms with Gasteiger partial charge in [-0.15, -0.1) is 0 Å². The van der Waals surface area contributed by atoms with Gasteiger partial charge in [-0.05, 0) is 19.9 Å². The van der Waals surface area contributed by atoms with Gasteiger partial charge in [0.2, 0.25) is 11.8 Å². The zero-order valence-electron chi connectivity index (χ0n) is 17.1. The molecule has 1 atom stereocenters. The third-order valence-electron chi connectivity index (χ3n) is 4.96. The third-order valence-corrected chi connectivity index (χ3v) is 4.96. The predicted molar refractivity (Wildman–Crippen MR) is 105 cm³/mol. The van der Waals surface area contributed by atoms with Crippen LogP contribution in [0.5, 0.6) is 11.5 Å². The number of methoxy groups -OCH3 is 2. The number of carbonyl (C=O) groups excluding carboxylic acids is 2. The first-order valence-corrected chi connectivity index (χ1v) is 9.54. The van der Waals surface area contributed by atoms with Gasteiger partial charge in [-0.3, -0.25) is 14.5 Å². The number of hydrogen-bond donors (Lipinski definition) is 2. The lowest BCUT2D eigenvalue weighted by Gasteiger charge is -2.36. The third kappa shape index (κ3) is 5.36. The van der Waals surface area contributed by atoms with Crippen molar-refractivity contribution in [3.05, 3.63) is 23.8 Å². The van der Waals surface area contributed by atoms with Crippen molar-refractivity contribution in [2.45, 2.75) is 38.9 Å². The van der Waals surface area contributed by atoms with Crippen molar-refractivity contribution in [2.24, 2.45) is 0 Å². The lowest BCUT2D eigenvalue weighted by molar-refractivity contribution is -0.140. The smallest absolute Gasteiger partial charge is 0.237 e. The Morgan fingerprint density at radius 2 is 2.11 bits per heavy atom. The number of aliphatic hydroxyl groups is 1. The number of ether oxygens (including phenoxy) is 2. The number of aliphatic hydroxyl groups excluding tert-OH is 1. The van der Waals surface area contributed by atoms with E-state index in [2.05, 4.69) is 5.32 Å². The molecule has 0 aromatic heterocycles. The zero-order chi connectivity index (χ0) is 20.7. The fourth-order valence-electron chi connectivity index (χ4n) is 3.44. The molecule has 1 saturated heterocycles. The molecule has 0 bridgehead atoms. The molecule has 8 nitrogen and oxygen atoms in total. The summed E-state index contributed by atoms with van der Waals surface area (Å²) in [6, 6.07) is 4.97. The van der Waals surface area contributed by atoms with Crippen molar-refractivity contribution in [2.75, 3.05) is 40.5 Å². The summed E-state index contributed by atoms with van der Waals surface area (Å²) in [5.74, 6) is 1.08. The van der Waals surface area contributed by atoms with Crippen LogP contribution in [0.1, 0.15) is 25.8 Å². The maximum atomic E-state index is 12.8. The summed E-state index contributed by atoms with van der Waals surface area (Å²) in [7, 11) is 3.19. The molecule has 8 heteroatoms. The first kappa shape index (κ1) is 22.0. The van der Waals surface area contributed by atoms with E-state index in [9.17, 15) is 14.7 Å². The van der Waals surface area contributed by atoms with Gasteiger partial charge in [0.25, 0.3) is 0 Å². The molecule has 1 heterocycles. The van der Waals surface area contributed by atoms with Gasteiger partial charge in [-0.1, -0.05) is 6.07 Å². The number of carbonyl (C=O) groups is 2. The number of amides is 2. The molecule has 0 unspecified atom stereocenters. The van der Waals surface area contributed by atoms with E-state index >= 15 is 0 Å². The molecule has 0 radical (unpaired) electrons. The number of nitrogens with zero attached hydrogens (tertiary/aromatic N) is 2. The van der Waals surface area contributed by atoms with Crippen molar-refractivity contribution in [3.63, 3.8) is 0 Å². The van der Waals surface area contributed by atoms with E-state index < -0.39 is 6.04 Å². The number of hydrogen-bond acceptors (Lipinski definition) is 6. The molecule has 2 amide bonds. The number of benzene rings is 1. The van der Waals surface area contributed by atoms with Gasteiger partial charge < -0.3 is 24.8 Å². The van der Waals surface area contributed by atoms with Gasteiger partial charge in [0, 0.05) is 43.9 Å². The average Bonchev–Trinajstić information content (AvgIpc) is 2.68. The van der Waals surface area contributed by atoms with Crippen molar-refractivity contribution in [3.8, 4) is 11.5 Å². The molecule has 0 spiro atoms. The number of rotatable bonds is 9. The van der Waals surface area contributed by atoms with E-state index in [0.29, 0.717) is 31.1 Å². The lowest BCUT2D eigenvalue weighted by atomic mass is 10.0. The van der Waals surface area contributed by atoms with Gasteiger partial charge in [-0.25, -0.2) is 0 Å². The standard InChI is InChI=1S/C20H31N3O5/c1-14(2)23(9-10-24)19(25)12-17-20(26)21-7-8-22(17)13-15-5-6-16(27-3)11-18(15)28-4/h5-6,11,14,17,24H,7-10,12-13H2,1-4H3,(H,21,26)/t17-/m1/s1. The van der Waals surface area contributed by atoms with Crippen LogP contribution < -0.4 is 14.8 Å². The van der Waals surface area contributed by atoms with Crippen LogP contribution in [0.25, 0.3) is 0 Å². The second-order valence-corrected chi connectivity index (χ2v) is 7.06. The second-order valence-electron chi connectivity index (χ2n) is 7.06. The Balaban J connectivity index is 2.18. The molecule has 2 rings (SSSR count). The monoisotopic (exact) mass is 393 g/mol. The highest BCUT2D eigenvalue weighted by Crippen LogP contribution is 2.27. The van der Waals surface area contributed by atoms with E-state index in [1.165, 1.54) is 0 Å². The molecule has 156 valence electrons. The molecular formula is C20H31N3O5. The zero-order valence-corrected chi connectivity index (χ0v) is 17.1. The van der Waals surface area contributed by atoms with Crippen LogP contribution in [0.3, 0.4) is 0 Å². The Morgan fingerprint density at radius 1 is 1.36 bits per heavy atom. The highest BCUT2D eigenvalue weighted by molar-refractivity contribution is 5.89. The fourth-order valence-corrected chi connectivity index (χ4v) is 3.44. The maximum absolute atomic E-state index is 12.8. The van der Waals surface area contributed by atoms with Crippen molar-refractivity contribution in [1.82, 2.24) is 15.1 Å². The molecule has 1 aliphatic rings. The van der Waals surface area contributed by atoms with E-state index in [1.54, 1.807) is 25.2 Å². The lowest BCUT2D eigenvalue weighted by Crippen LogP contribution is -2.56. The Bertz CT molecular complexity index is 680. The summed E-state index contributed by atoms with van der Waals surface area (Å²) >= 11 is 0. The van der Waals surface area contributed by atoms with Crippen LogP contribution >= 0.6 is 0 Å². The Labute approximate surface area is 166 Å². The molecule has 1 aromatic carbocycles. The topological polar surface area (TPSA) is 91.3 Å². The number of piperazine rings is 1. The van der Waals surface area contributed by atoms with E-state index in [0.717, 1.165) is 5.56 Å². The molecule has 1 fully saturated rings. The molecule has 0 aliphatic carbocycles. The summed E-state index contributed by atoms with van der Waals surface area (Å²) in [5, 5.41) is 12.1. The SMILES string of the molecule is COc1ccc(CN2CCNC(=O)[C@H]2CC(=O)N(CCO)C(C)C)c(OC)c1. The van der Waals surface area contributed by atoms with Gasteiger partial charge in [0.15, 0.2) is 0 Å². The minimum absolute atomic E-state index is 0.0403. The molecule has 1 aromatic rings. The number of nitrogens with one attached hydrogen (secondary N) is 1. The maximum Gasteiger partial charge on any atom is 0.237 e. The van der Waals surface area contributed by atoms with Crippen LogP contribution in [-0.2, 0) is 16.1 Å². The molecule has 0 saturated carbocycles. The average molecular weight is 393 g/mol. The summed E-state index contributed by atoms with van der Waals surface area (Å²) in [4.78, 5) is 28.9. The first-order valence-electron chi connectivity index (χ1n) is 9.54. The van der Waals surface area contributed by atoms with Crippen LogP contribution in [0.4, 0.5) is 0 Å². The van der Waals surface area contributed by atoms with Gasteiger partial charge in [-0.2, -0.15) is 0 Å². The van der Waals surface area contributed by atoms with Crippen LogP contribution in [0.2, 0.25) is 0 Å². The summed E-state index contributed by atoms with van der Waals surface area (Å²) in [5.41, 5.74) is 0.923. The Morgan fingerprint density at radius 3 is 2.71 bits per heavy atom. The summed E-state index contributed by atoms with van der Waals surface area (Å²) in [6.07, 6.45) is 0.0719. The predicted octanol–water partition coefficient (Wildman–Crippen LogP) is 0.624. The normalized spacial score (nSPS) is 17.4. The second kappa shape index (κ2) is 10.3. The van der Waals surface area contributed by atoms with E-state index in [1.807, 2.05) is 30.9 Å². The van der Waals surface area contributed by atoms with Crippen LogP contribution in [-0.4, -0.2) is 79.3 Å². The summed E-state index contributed by atoms with van der Waals surface area (Å²) < 4.78 is 10.7. The highest BCUT2D eigenvalue weighted by Gasteiger charge is 2.33. The molecular weight excluding hydrogens is 362 g/mol. The van der Waals surface area contributed by atoms with Crippen LogP contribution in [0.15, 0.2) is 18.2 Å². The Hall–Kier alpha value is -2.32. The van der Waals surface area contributed by atoms with Crippen molar-refractivity contribution in [1.29, 1.82) is 0 Å². The molecule has 2 N–H and O–H groups in total. The molecule has 28 heavy (non-hydrogen) atoms. The van der Waals surface area contributed by atoms with Crippen molar-refractivity contribution < 1.29 is 24.2 Å². The van der Waals surface area contributed by atoms with Gasteiger partial charge in [0.1, 0.15) is 11.5 Å². The fraction of sp³-hybridized carbons (Fsp3) is 0.600. The quantitative estimate of drug-likeness (QED) is 0.639. The van der Waals surface area contributed by atoms with E-state index in [4.69, 9.17) is 9.47 Å². The van der Waals surface area contributed by atoms with Gasteiger partial charge in [0.05, 0.1) is 33.3 Å². The van der Waals surface area contributed by atoms with Crippen molar-refractivity contribution >= 4 is 11.8 Å².